The summed E-state index contributed by atoms with van der Waals surface area (Å²) in [6.45, 7) is 5.75. The number of amides is 1. The van der Waals surface area contributed by atoms with E-state index in [4.69, 9.17) is 4.74 Å². The average molecular weight is 465 g/mol. The van der Waals surface area contributed by atoms with E-state index >= 15 is 0 Å². The van der Waals surface area contributed by atoms with Crippen LogP contribution in [-0.2, 0) is 7.05 Å². The van der Waals surface area contributed by atoms with E-state index in [-0.39, 0.29) is 29.2 Å². The Morgan fingerprint density at radius 3 is 2.68 bits per heavy atom. The fraction of sp³-hybridized carbons (Fsp3) is 0.348. The molecule has 1 aliphatic rings. The molecule has 0 unspecified atom stereocenters. The molecule has 3 aromatic heterocycles. The van der Waals surface area contributed by atoms with Gasteiger partial charge in [-0.15, -0.1) is 0 Å². The molecule has 1 fully saturated rings. The highest BCUT2D eigenvalue weighted by Gasteiger charge is 2.26. The van der Waals surface area contributed by atoms with E-state index in [1.165, 1.54) is 24.1 Å². The number of hydrogen-bond donors (Lipinski definition) is 2. The molecule has 176 valence electrons. The summed E-state index contributed by atoms with van der Waals surface area (Å²) in [6.07, 6.45) is 4.81. The lowest BCUT2D eigenvalue weighted by Gasteiger charge is -2.37. The molecular weight excluding hydrogens is 439 g/mol. The minimum Gasteiger partial charge on any atom is -0.467 e. The Kier molecular flexibility index (Phi) is 5.48. The fourth-order valence-corrected chi connectivity index (χ4v) is 4.49. The van der Waals surface area contributed by atoms with Crippen molar-refractivity contribution in [2.75, 3.05) is 30.4 Å². The zero-order valence-corrected chi connectivity index (χ0v) is 19.3. The van der Waals surface area contributed by atoms with Gasteiger partial charge in [0, 0.05) is 61.9 Å². The van der Waals surface area contributed by atoms with Gasteiger partial charge in [0.1, 0.15) is 11.3 Å². The Balaban J connectivity index is 1.54. The van der Waals surface area contributed by atoms with Crippen LogP contribution in [0.3, 0.4) is 0 Å². The molecule has 2 atom stereocenters. The molecule has 34 heavy (non-hydrogen) atoms. The maximum absolute atomic E-state index is 14.5. The van der Waals surface area contributed by atoms with Crippen molar-refractivity contribution < 1.29 is 13.9 Å². The molecule has 1 saturated heterocycles. The second kappa shape index (κ2) is 8.49. The van der Waals surface area contributed by atoms with Crippen LogP contribution in [-0.4, -0.2) is 62.9 Å². The topological polar surface area (TPSA) is 110 Å². The van der Waals surface area contributed by atoms with E-state index in [2.05, 4.69) is 49.4 Å². The summed E-state index contributed by atoms with van der Waals surface area (Å²) in [4.78, 5) is 28.7. The molecule has 4 heterocycles. The zero-order valence-electron chi connectivity index (χ0n) is 19.3. The largest absolute Gasteiger partial charge is 0.467 e. The first-order chi connectivity index (χ1) is 16.3. The molecule has 0 aliphatic carbocycles. The summed E-state index contributed by atoms with van der Waals surface area (Å²) >= 11 is 0. The molecule has 1 aromatic carbocycles. The second-order valence-electron chi connectivity index (χ2n) is 8.64. The van der Waals surface area contributed by atoms with Crippen molar-refractivity contribution >= 4 is 39.2 Å². The first-order valence-electron chi connectivity index (χ1n) is 11.0. The monoisotopic (exact) mass is 464 g/mol. The molecule has 0 radical (unpaired) electrons. The second-order valence-corrected chi connectivity index (χ2v) is 8.64. The number of carbonyl (C=O) groups excluding carboxylic acids is 1. The first-order valence-corrected chi connectivity index (χ1v) is 11.0. The van der Waals surface area contributed by atoms with Crippen molar-refractivity contribution in [3.8, 4) is 6.01 Å². The standard InChI is InChI=1S/C23H25FN8O2/c1-12-9-32(10-13(2)27-12)21-16-7-26-23(34-4)29-20(16)17(8-25-21)22(33)28-15-5-14-11-31(3)30-19(14)18(24)6-15/h5-8,11-13,27H,9-10H2,1-4H3,(H,28,33)/t12-,13-/m1/s1. The number of hydrogen-bond acceptors (Lipinski definition) is 8. The van der Waals surface area contributed by atoms with E-state index in [0.29, 0.717) is 27.8 Å². The van der Waals surface area contributed by atoms with Crippen molar-refractivity contribution in [3.63, 3.8) is 0 Å². The Hall–Kier alpha value is -3.86. The van der Waals surface area contributed by atoms with Crippen LogP contribution in [0.1, 0.15) is 24.2 Å². The van der Waals surface area contributed by atoms with Crippen molar-refractivity contribution in [2.24, 2.45) is 7.05 Å². The predicted molar refractivity (Wildman–Crippen MR) is 127 cm³/mol. The van der Waals surface area contributed by atoms with Crippen LogP contribution in [0.25, 0.3) is 21.8 Å². The van der Waals surface area contributed by atoms with Gasteiger partial charge in [0.2, 0.25) is 0 Å². The van der Waals surface area contributed by atoms with Crippen LogP contribution in [0.15, 0.2) is 30.7 Å². The van der Waals surface area contributed by atoms with Gasteiger partial charge >= 0.3 is 6.01 Å². The molecule has 0 saturated carbocycles. The third-order valence-corrected chi connectivity index (χ3v) is 5.80. The average Bonchev–Trinajstić information content (AvgIpc) is 3.18. The molecule has 0 bridgehead atoms. The summed E-state index contributed by atoms with van der Waals surface area (Å²) in [5, 5.41) is 11.6. The van der Waals surface area contributed by atoms with Gasteiger partial charge < -0.3 is 20.3 Å². The number of methoxy groups -OCH3 is 1. The molecule has 0 spiro atoms. The number of halogens is 1. The van der Waals surface area contributed by atoms with E-state index in [1.54, 1.807) is 25.5 Å². The highest BCUT2D eigenvalue weighted by molar-refractivity contribution is 6.13. The number of nitrogens with one attached hydrogen (secondary N) is 2. The zero-order chi connectivity index (χ0) is 24.0. The fourth-order valence-electron chi connectivity index (χ4n) is 4.49. The van der Waals surface area contributed by atoms with Gasteiger partial charge in [-0.2, -0.15) is 10.1 Å². The maximum atomic E-state index is 14.5. The van der Waals surface area contributed by atoms with Gasteiger partial charge in [0.05, 0.1) is 23.6 Å². The Morgan fingerprint density at radius 1 is 1.18 bits per heavy atom. The minimum absolute atomic E-state index is 0.142. The quantitative estimate of drug-likeness (QED) is 0.474. The van der Waals surface area contributed by atoms with Gasteiger partial charge in [-0.1, -0.05) is 0 Å². The minimum atomic E-state index is -0.516. The van der Waals surface area contributed by atoms with Crippen molar-refractivity contribution in [2.45, 2.75) is 25.9 Å². The SMILES string of the molecule is COc1ncc2c(N3C[C@@H](C)N[C@H](C)C3)ncc(C(=O)Nc3cc(F)c4nn(C)cc4c3)c2n1. The van der Waals surface area contributed by atoms with Crippen molar-refractivity contribution in [1.82, 2.24) is 30.0 Å². The number of fused-ring (bicyclic) bond motifs is 2. The molecule has 10 nitrogen and oxygen atoms in total. The number of carbonyl (C=O) groups is 1. The van der Waals surface area contributed by atoms with Crippen LogP contribution in [0, 0.1) is 5.82 Å². The molecule has 5 rings (SSSR count). The van der Waals surface area contributed by atoms with Crippen LogP contribution in [0.4, 0.5) is 15.9 Å². The number of ether oxygens (including phenoxy) is 1. The Bertz CT molecular complexity index is 1400. The molecule has 4 aromatic rings. The summed E-state index contributed by atoms with van der Waals surface area (Å²) in [7, 11) is 3.18. The van der Waals surface area contributed by atoms with E-state index in [9.17, 15) is 9.18 Å². The van der Waals surface area contributed by atoms with Crippen molar-refractivity contribution in [1.29, 1.82) is 0 Å². The van der Waals surface area contributed by atoms with E-state index in [1.807, 2.05) is 0 Å². The van der Waals surface area contributed by atoms with Gasteiger partial charge in [0.15, 0.2) is 5.82 Å². The molecular formula is C23H25FN8O2. The van der Waals surface area contributed by atoms with E-state index in [0.717, 1.165) is 13.1 Å². The predicted octanol–water partition coefficient (Wildman–Crippen LogP) is 2.50. The summed E-state index contributed by atoms with van der Waals surface area (Å²) in [6, 6.07) is 3.62. The smallest absolute Gasteiger partial charge is 0.316 e. The summed E-state index contributed by atoms with van der Waals surface area (Å²) < 4.78 is 21.2. The van der Waals surface area contributed by atoms with Gasteiger partial charge in [-0.05, 0) is 26.0 Å². The maximum Gasteiger partial charge on any atom is 0.316 e. The van der Waals surface area contributed by atoms with Crippen LogP contribution in [0.5, 0.6) is 6.01 Å². The number of pyridine rings is 1. The number of rotatable bonds is 4. The third-order valence-electron chi connectivity index (χ3n) is 5.80. The number of benzene rings is 1. The molecule has 1 aliphatic heterocycles. The van der Waals surface area contributed by atoms with Gasteiger partial charge in [-0.3, -0.25) is 9.48 Å². The highest BCUT2D eigenvalue weighted by atomic mass is 19.1. The van der Waals surface area contributed by atoms with Crippen LogP contribution in [0.2, 0.25) is 0 Å². The number of piperazine rings is 1. The third kappa shape index (κ3) is 3.98. The Labute approximate surface area is 195 Å². The van der Waals surface area contributed by atoms with Crippen LogP contribution < -0.4 is 20.3 Å². The molecule has 2 N–H and O–H groups in total. The number of nitrogens with zero attached hydrogens (tertiary/aromatic N) is 6. The lowest BCUT2D eigenvalue weighted by Crippen LogP contribution is -2.54. The van der Waals surface area contributed by atoms with E-state index < -0.39 is 11.7 Å². The first kappa shape index (κ1) is 22.0. The number of aryl methyl sites for hydroxylation is 1. The summed E-state index contributed by atoms with van der Waals surface area (Å²) in [5.41, 5.74) is 1.21. The van der Waals surface area contributed by atoms with Gasteiger partial charge in [-0.25, -0.2) is 14.4 Å². The lowest BCUT2D eigenvalue weighted by molar-refractivity contribution is 0.102. The number of anilines is 2. The van der Waals surface area contributed by atoms with Gasteiger partial charge in [0.25, 0.3) is 5.91 Å². The van der Waals surface area contributed by atoms with Crippen LogP contribution >= 0.6 is 0 Å². The Morgan fingerprint density at radius 2 is 1.94 bits per heavy atom. The number of aromatic nitrogens is 5. The molecule has 11 heteroatoms. The summed E-state index contributed by atoms with van der Waals surface area (Å²) in [5.74, 6) is -0.274. The lowest BCUT2D eigenvalue weighted by atomic mass is 10.1. The molecule has 1 amide bonds. The normalized spacial score (nSPS) is 18.4. The highest BCUT2D eigenvalue weighted by Crippen LogP contribution is 2.29. The van der Waals surface area contributed by atoms with Crippen molar-refractivity contribution in [3.05, 3.63) is 42.1 Å².